The van der Waals surface area contributed by atoms with E-state index in [0.717, 1.165) is 56.8 Å². The lowest BCUT2D eigenvalue weighted by molar-refractivity contribution is -0.111. The Hall–Kier alpha value is -0.640. The van der Waals surface area contributed by atoms with Crippen molar-refractivity contribution in [2.45, 2.75) is 137 Å². The van der Waals surface area contributed by atoms with Crippen molar-refractivity contribution in [3.05, 3.63) is 24.8 Å². The number of aliphatic hydroxyl groups is 2. The van der Waals surface area contributed by atoms with Crippen molar-refractivity contribution in [1.82, 2.24) is 0 Å². The number of fused-ring (bicyclic) bond motifs is 5. The van der Waals surface area contributed by atoms with Crippen molar-refractivity contribution >= 4 is 0 Å². The maximum absolute atomic E-state index is 11.2. The number of nitrogens with two attached hydrogens (primary N) is 1. The van der Waals surface area contributed by atoms with Gasteiger partial charge >= 0.3 is 0 Å². The van der Waals surface area contributed by atoms with Crippen molar-refractivity contribution in [2.75, 3.05) is 0 Å². The summed E-state index contributed by atoms with van der Waals surface area (Å²) in [5.74, 6) is 2.43. The van der Waals surface area contributed by atoms with Crippen LogP contribution in [0.15, 0.2) is 24.8 Å². The fraction of sp³-hybridized carbons (Fsp3) is 0.871. The molecule has 0 spiro atoms. The van der Waals surface area contributed by atoms with E-state index in [0.29, 0.717) is 11.3 Å². The van der Waals surface area contributed by atoms with Crippen LogP contribution in [0.5, 0.6) is 0 Å². The molecule has 0 amide bonds. The molecule has 200 valence electrons. The van der Waals surface area contributed by atoms with Gasteiger partial charge in [0.15, 0.2) is 0 Å². The van der Waals surface area contributed by atoms with Crippen LogP contribution in [0.1, 0.15) is 126 Å². The molecule has 3 fully saturated rings. The second-order valence-electron chi connectivity index (χ2n) is 11.3. The monoisotopic (exact) mass is 477 g/mol. The van der Waals surface area contributed by atoms with E-state index in [-0.39, 0.29) is 17.4 Å². The zero-order valence-electron chi connectivity index (χ0n) is 23.8. The maximum atomic E-state index is 11.2. The minimum absolute atomic E-state index is 0.129. The maximum Gasteiger partial charge on any atom is 0.116 e. The first-order chi connectivity index (χ1) is 16.2. The fourth-order valence-electron chi connectivity index (χ4n) is 8.30. The van der Waals surface area contributed by atoms with Crippen LogP contribution in [-0.2, 0) is 0 Å². The average Bonchev–Trinajstić information content (AvgIpc) is 3.22. The summed E-state index contributed by atoms with van der Waals surface area (Å²) < 4.78 is 0. The second kappa shape index (κ2) is 13.6. The lowest BCUT2D eigenvalue weighted by Gasteiger charge is -2.58. The number of unbranched alkanes of at least 4 members (excludes halogenated alkanes) is 2. The molecule has 0 aromatic rings. The minimum atomic E-state index is -1.000. The van der Waals surface area contributed by atoms with E-state index in [1.807, 2.05) is 27.7 Å². The van der Waals surface area contributed by atoms with Crippen LogP contribution < -0.4 is 5.73 Å². The van der Waals surface area contributed by atoms with Gasteiger partial charge in [-0.2, -0.15) is 0 Å². The van der Waals surface area contributed by atoms with E-state index in [1.165, 1.54) is 32.1 Å². The Kier molecular flexibility index (Phi) is 12.6. The Bertz CT molecular complexity index is 629. The van der Waals surface area contributed by atoms with E-state index in [2.05, 4.69) is 40.0 Å². The number of allylic oxidation sites excluding steroid dienone is 1. The molecule has 0 saturated heterocycles. The SMILES string of the molecule is C=C.CC.CC.CCCCC[C@](N)(O)C1CCC2C3CC=C4CC(O)CC[C@]4(C)C3CC[C@@]21C. The third kappa shape index (κ3) is 6.01. The van der Waals surface area contributed by atoms with Crippen molar-refractivity contribution < 1.29 is 10.2 Å². The molecule has 0 bridgehead atoms. The first kappa shape index (κ1) is 31.4. The first-order valence-electron chi connectivity index (χ1n) is 14.6. The Balaban J connectivity index is 0.000000894. The minimum Gasteiger partial charge on any atom is -0.393 e. The van der Waals surface area contributed by atoms with Gasteiger partial charge in [0.2, 0.25) is 0 Å². The molecule has 34 heavy (non-hydrogen) atoms. The molecule has 0 heterocycles. The molecule has 8 atom stereocenters. The predicted molar refractivity (Wildman–Crippen MR) is 148 cm³/mol. The molecule has 0 aromatic carbocycles. The van der Waals surface area contributed by atoms with Crippen molar-refractivity contribution in [2.24, 2.45) is 40.2 Å². The number of aliphatic hydroxyl groups excluding tert-OH is 1. The molecule has 0 aromatic heterocycles. The molecule has 3 heteroatoms. The lowest BCUT2D eigenvalue weighted by atomic mass is 9.47. The molecular formula is C31H59NO2. The third-order valence-electron chi connectivity index (χ3n) is 9.86. The zero-order valence-corrected chi connectivity index (χ0v) is 23.8. The molecule has 4 N–H and O–H groups in total. The normalized spacial score (nSPS) is 39.6. The average molecular weight is 478 g/mol. The van der Waals surface area contributed by atoms with Crippen LogP contribution in [0.4, 0.5) is 0 Å². The number of hydrogen-bond acceptors (Lipinski definition) is 3. The van der Waals surface area contributed by atoms with Gasteiger partial charge in [0.25, 0.3) is 0 Å². The predicted octanol–water partition coefficient (Wildman–Crippen LogP) is 8.01. The molecule has 0 aliphatic heterocycles. The van der Waals surface area contributed by atoms with E-state index in [9.17, 15) is 10.2 Å². The van der Waals surface area contributed by atoms with Gasteiger partial charge in [0, 0.05) is 5.92 Å². The van der Waals surface area contributed by atoms with Gasteiger partial charge in [-0.1, -0.05) is 73.0 Å². The Labute approximate surface area is 212 Å². The topological polar surface area (TPSA) is 66.5 Å². The Morgan fingerprint density at radius 1 is 1.00 bits per heavy atom. The van der Waals surface area contributed by atoms with E-state index in [4.69, 9.17) is 5.73 Å². The second-order valence-corrected chi connectivity index (χ2v) is 11.3. The number of hydrogen-bond donors (Lipinski definition) is 3. The summed E-state index contributed by atoms with van der Waals surface area (Å²) in [7, 11) is 0. The van der Waals surface area contributed by atoms with Gasteiger partial charge in [-0.15, -0.1) is 13.2 Å². The van der Waals surface area contributed by atoms with Gasteiger partial charge in [-0.25, -0.2) is 0 Å². The van der Waals surface area contributed by atoms with Crippen LogP contribution in [0.2, 0.25) is 0 Å². The van der Waals surface area contributed by atoms with Crippen molar-refractivity contribution in [3.63, 3.8) is 0 Å². The summed E-state index contributed by atoms with van der Waals surface area (Å²) in [5, 5.41) is 21.4. The Morgan fingerprint density at radius 3 is 2.26 bits per heavy atom. The zero-order chi connectivity index (χ0) is 26.2. The Morgan fingerprint density at radius 2 is 1.65 bits per heavy atom. The van der Waals surface area contributed by atoms with Gasteiger partial charge in [0.1, 0.15) is 5.72 Å². The summed E-state index contributed by atoms with van der Waals surface area (Å²) in [6.45, 7) is 21.1. The fourth-order valence-corrected chi connectivity index (χ4v) is 8.30. The van der Waals surface area contributed by atoms with Crippen LogP contribution in [0.25, 0.3) is 0 Å². The van der Waals surface area contributed by atoms with Gasteiger partial charge in [-0.3, -0.25) is 0 Å². The van der Waals surface area contributed by atoms with Crippen molar-refractivity contribution in [1.29, 1.82) is 0 Å². The van der Waals surface area contributed by atoms with Crippen molar-refractivity contribution in [3.8, 4) is 0 Å². The highest BCUT2D eigenvalue weighted by molar-refractivity contribution is 5.25. The molecule has 3 nitrogen and oxygen atoms in total. The van der Waals surface area contributed by atoms with E-state index < -0.39 is 5.72 Å². The highest BCUT2D eigenvalue weighted by atomic mass is 16.3. The third-order valence-corrected chi connectivity index (χ3v) is 9.86. The van der Waals surface area contributed by atoms with Crippen LogP contribution in [0, 0.1) is 34.5 Å². The summed E-state index contributed by atoms with van der Waals surface area (Å²) in [4.78, 5) is 0. The van der Waals surface area contributed by atoms with Crippen LogP contribution in [0.3, 0.4) is 0 Å². The quantitative estimate of drug-likeness (QED) is 0.213. The van der Waals surface area contributed by atoms with Gasteiger partial charge < -0.3 is 15.9 Å². The smallest absolute Gasteiger partial charge is 0.116 e. The molecule has 4 rings (SSSR count). The molecular weight excluding hydrogens is 418 g/mol. The summed E-state index contributed by atoms with van der Waals surface area (Å²) in [6, 6.07) is 0. The first-order valence-corrected chi connectivity index (χ1v) is 14.6. The van der Waals surface area contributed by atoms with Gasteiger partial charge in [0.05, 0.1) is 6.10 Å². The highest BCUT2D eigenvalue weighted by Gasteiger charge is 2.61. The highest BCUT2D eigenvalue weighted by Crippen LogP contribution is 2.67. The largest absolute Gasteiger partial charge is 0.393 e. The van der Waals surface area contributed by atoms with E-state index >= 15 is 0 Å². The lowest BCUT2D eigenvalue weighted by Crippen LogP contribution is -2.56. The molecule has 4 aliphatic rings. The van der Waals surface area contributed by atoms with Gasteiger partial charge in [-0.05, 0) is 92.8 Å². The summed E-state index contributed by atoms with van der Waals surface area (Å²) in [5.41, 5.74) is 7.61. The van der Waals surface area contributed by atoms with Crippen LogP contribution in [-0.4, -0.2) is 22.0 Å². The van der Waals surface area contributed by atoms with E-state index in [1.54, 1.807) is 5.57 Å². The molecule has 0 radical (unpaired) electrons. The standard InChI is InChI=1S/C25H43NO2.2C2H6.C2H4/c1-4-5-6-13-25(26,28)22-10-9-20-19-8-7-17-16-18(27)11-14-23(17,2)21(19)12-15-24(20,22)3;3*1-2/h7,18-22,27-28H,4-6,8-16,26H2,1-3H3;2*1-2H3;1-2H2/t18?,19?,20?,21?,22?,23-,24-,25-;;;/m0.../s1. The number of rotatable bonds is 5. The van der Waals surface area contributed by atoms with Crippen LogP contribution >= 0.6 is 0 Å². The molecule has 5 unspecified atom stereocenters. The summed E-state index contributed by atoms with van der Waals surface area (Å²) >= 11 is 0. The summed E-state index contributed by atoms with van der Waals surface area (Å²) in [6.07, 6.45) is 15.5. The molecule has 3 saturated carbocycles. The molecule has 4 aliphatic carbocycles.